The van der Waals surface area contributed by atoms with Crippen LogP contribution >= 0.6 is 22.9 Å². The average molecular weight is 385 g/mol. The number of benzene rings is 2. The van der Waals surface area contributed by atoms with Gasteiger partial charge >= 0.3 is 0 Å². The van der Waals surface area contributed by atoms with Crippen molar-refractivity contribution in [1.82, 2.24) is 10.3 Å². The van der Waals surface area contributed by atoms with Crippen LogP contribution in [0.2, 0.25) is 5.02 Å². The van der Waals surface area contributed by atoms with Crippen LogP contribution in [0.1, 0.15) is 33.4 Å². The van der Waals surface area contributed by atoms with Crippen LogP contribution in [0.5, 0.6) is 5.75 Å². The Balaban J connectivity index is 1.57. The second-order valence-corrected chi connectivity index (χ2v) is 7.58. The fraction of sp³-hybridized carbons (Fsp3) is 0.200. The first kappa shape index (κ1) is 17.1. The fourth-order valence-electron chi connectivity index (χ4n) is 3.04. The summed E-state index contributed by atoms with van der Waals surface area (Å²) in [6.07, 6.45) is 0.755. The number of nitrogens with zero attached hydrogens (tertiary/aromatic N) is 1. The molecule has 0 saturated heterocycles. The Morgan fingerprint density at radius 3 is 2.81 bits per heavy atom. The summed E-state index contributed by atoms with van der Waals surface area (Å²) in [7, 11) is 0. The monoisotopic (exact) mass is 384 g/mol. The largest absolute Gasteiger partial charge is 0.493 e. The molecular formula is C20H17ClN2O2S. The molecule has 132 valence electrons. The highest BCUT2D eigenvalue weighted by molar-refractivity contribution is 7.17. The van der Waals surface area contributed by atoms with Crippen LogP contribution in [0.3, 0.4) is 0 Å². The van der Waals surface area contributed by atoms with E-state index in [9.17, 15) is 4.79 Å². The molecule has 26 heavy (non-hydrogen) atoms. The van der Waals surface area contributed by atoms with E-state index in [1.807, 2.05) is 55.5 Å². The number of fused-ring (bicyclic) bond motifs is 1. The van der Waals surface area contributed by atoms with E-state index in [-0.39, 0.29) is 11.9 Å². The van der Waals surface area contributed by atoms with Crippen LogP contribution in [-0.4, -0.2) is 17.5 Å². The Kier molecular flexibility index (Phi) is 4.66. The number of rotatable bonds is 3. The summed E-state index contributed by atoms with van der Waals surface area (Å²) in [6.45, 7) is 2.46. The van der Waals surface area contributed by atoms with Crippen molar-refractivity contribution in [3.63, 3.8) is 0 Å². The first-order chi connectivity index (χ1) is 12.6. The molecule has 0 saturated carbocycles. The van der Waals surface area contributed by atoms with Crippen LogP contribution in [0, 0.1) is 6.92 Å². The van der Waals surface area contributed by atoms with E-state index in [0.717, 1.165) is 34.0 Å². The van der Waals surface area contributed by atoms with Gasteiger partial charge in [0.2, 0.25) is 0 Å². The maximum absolute atomic E-state index is 12.8. The molecule has 1 aromatic heterocycles. The van der Waals surface area contributed by atoms with Gasteiger partial charge in [0.05, 0.1) is 18.3 Å². The number of thiazole rings is 1. The number of aryl methyl sites for hydroxylation is 1. The number of halogens is 1. The van der Waals surface area contributed by atoms with E-state index in [1.165, 1.54) is 11.3 Å². The molecule has 2 aromatic carbocycles. The van der Waals surface area contributed by atoms with Crippen molar-refractivity contribution < 1.29 is 9.53 Å². The normalized spacial score (nSPS) is 15.8. The second-order valence-electron chi connectivity index (χ2n) is 6.14. The Bertz CT molecular complexity index is 953. The lowest BCUT2D eigenvalue weighted by molar-refractivity contribution is 0.0928. The van der Waals surface area contributed by atoms with Gasteiger partial charge in [-0.25, -0.2) is 4.98 Å². The van der Waals surface area contributed by atoms with Gasteiger partial charge < -0.3 is 10.1 Å². The summed E-state index contributed by atoms with van der Waals surface area (Å²) < 4.78 is 5.66. The fourth-order valence-corrected chi connectivity index (χ4v) is 4.14. The third-order valence-electron chi connectivity index (χ3n) is 4.36. The molecule has 1 atom stereocenters. The summed E-state index contributed by atoms with van der Waals surface area (Å²) >= 11 is 7.34. The molecule has 1 aliphatic heterocycles. The minimum Gasteiger partial charge on any atom is -0.493 e. The lowest BCUT2D eigenvalue weighted by Gasteiger charge is -2.26. The van der Waals surface area contributed by atoms with Crippen molar-refractivity contribution in [3.05, 3.63) is 69.7 Å². The van der Waals surface area contributed by atoms with Crippen molar-refractivity contribution in [2.45, 2.75) is 19.4 Å². The second kappa shape index (κ2) is 7.09. The maximum atomic E-state index is 12.8. The van der Waals surface area contributed by atoms with Gasteiger partial charge in [-0.3, -0.25) is 4.79 Å². The molecule has 1 N–H and O–H groups in total. The first-order valence-corrected chi connectivity index (χ1v) is 9.57. The zero-order chi connectivity index (χ0) is 18.1. The summed E-state index contributed by atoms with van der Waals surface area (Å²) in [5, 5.41) is 4.63. The molecule has 0 aliphatic carbocycles. The number of amides is 1. The molecule has 0 fully saturated rings. The van der Waals surface area contributed by atoms with E-state index < -0.39 is 0 Å². The molecule has 1 aliphatic rings. The third kappa shape index (κ3) is 3.32. The predicted molar refractivity (Wildman–Crippen MR) is 104 cm³/mol. The lowest BCUT2D eigenvalue weighted by atomic mass is 10.0. The molecule has 4 rings (SSSR count). The van der Waals surface area contributed by atoms with Gasteiger partial charge in [0, 0.05) is 22.6 Å². The van der Waals surface area contributed by atoms with Crippen molar-refractivity contribution in [2.24, 2.45) is 0 Å². The zero-order valence-corrected chi connectivity index (χ0v) is 15.7. The molecule has 0 spiro atoms. The highest BCUT2D eigenvalue weighted by Crippen LogP contribution is 2.33. The van der Waals surface area contributed by atoms with Gasteiger partial charge in [-0.1, -0.05) is 41.9 Å². The third-order valence-corrected chi connectivity index (χ3v) is 5.82. The standard InChI is InChI=1S/C20H17ClN2O2S/c1-12-18(26-20(22-12)13-6-8-14(21)9-7-13)19(24)23-16-10-11-25-17-5-3-2-4-15(16)17/h2-9,16H,10-11H2,1H3,(H,23,24). The van der Waals surface area contributed by atoms with Gasteiger partial charge in [-0.15, -0.1) is 11.3 Å². The predicted octanol–water partition coefficient (Wildman–Crippen LogP) is 5.03. The molecule has 6 heteroatoms. The highest BCUT2D eigenvalue weighted by Gasteiger charge is 2.25. The maximum Gasteiger partial charge on any atom is 0.263 e. The van der Waals surface area contributed by atoms with Crippen LogP contribution in [0.25, 0.3) is 10.6 Å². The Hall–Kier alpha value is -2.37. The van der Waals surface area contributed by atoms with E-state index in [2.05, 4.69) is 10.3 Å². The van der Waals surface area contributed by atoms with Gasteiger partial charge in [0.15, 0.2) is 0 Å². The van der Waals surface area contributed by atoms with Crippen molar-refractivity contribution >= 4 is 28.8 Å². The SMILES string of the molecule is Cc1nc(-c2ccc(Cl)cc2)sc1C(=O)NC1CCOc2ccccc21. The average Bonchev–Trinajstić information content (AvgIpc) is 3.04. The van der Waals surface area contributed by atoms with E-state index in [0.29, 0.717) is 16.5 Å². The van der Waals surface area contributed by atoms with Crippen LogP contribution in [-0.2, 0) is 0 Å². The highest BCUT2D eigenvalue weighted by atomic mass is 35.5. The molecule has 1 amide bonds. The zero-order valence-electron chi connectivity index (χ0n) is 14.2. The van der Waals surface area contributed by atoms with Crippen molar-refractivity contribution in [1.29, 1.82) is 0 Å². The van der Waals surface area contributed by atoms with Gasteiger partial charge in [-0.05, 0) is 25.1 Å². The molecule has 0 bridgehead atoms. The molecule has 2 heterocycles. The Labute approximate surface area is 160 Å². The molecular weight excluding hydrogens is 368 g/mol. The van der Waals surface area contributed by atoms with Crippen molar-refractivity contribution in [2.75, 3.05) is 6.61 Å². The number of carbonyl (C=O) groups excluding carboxylic acids is 1. The number of hydrogen-bond donors (Lipinski definition) is 1. The number of hydrogen-bond acceptors (Lipinski definition) is 4. The summed E-state index contributed by atoms with van der Waals surface area (Å²) in [5.74, 6) is 0.744. The minimum atomic E-state index is -0.0954. The Morgan fingerprint density at radius 1 is 1.23 bits per heavy atom. The number of ether oxygens (including phenoxy) is 1. The van der Waals surface area contributed by atoms with E-state index in [1.54, 1.807) is 0 Å². The number of aromatic nitrogens is 1. The summed E-state index contributed by atoms with van der Waals surface area (Å²) in [4.78, 5) is 18.0. The molecule has 4 nitrogen and oxygen atoms in total. The molecule has 1 unspecified atom stereocenters. The van der Waals surface area contributed by atoms with Crippen LogP contribution in [0.15, 0.2) is 48.5 Å². The summed E-state index contributed by atoms with van der Waals surface area (Å²) in [5.41, 5.74) is 2.71. The molecule has 3 aromatic rings. The van der Waals surface area contributed by atoms with Crippen LogP contribution in [0.4, 0.5) is 0 Å². The van der Waals surface area contributed by atoms with E-state index in [4.69, 9.17) is 16.3 Å². The van der Waals surface area contributed by atoms with Gasteiger partial charge in [0.1, 0.15) is 15.6 Å². The smallest absolute Gasteiger partial charge is 0.263 e. The number of nitrogens with one attached hydrogen (secondary N) is 1. The quantitative estimate of drug-likeness (QED) is 0.689. The van der Waals surface area contributed by atoms with E-state index >= 15 is 0 Å². The number of carbonyl (C=O) groups is 1. The van der Waals surface area contributed by atoms with Gasteiger partial charge in [0.25, 0.3) is 5.91 Å². The van der Waals surface area contributed by atoms with Crippen molar-refractivity contribution in [3.8, 4) is 16.3 Å². The van der Waals surface area contributed by atoms with Crippen LogP contribution < -0.4 is 10.1 Å². The van der Waals surface area contributed by atoms with Gasteiger partial charge in [-0.2, -0.15) is 0 Å². The Morgan fingerprint density at radius 2 is 2.00 bits per heavy atom. The minimum absolute atomic E-state index is 0.0482. The lowest BCUT2D eigenvalue weighted by Crippen LogP contribution is -2.32. The first-order valence-electron chi connectivity index (χ1n) is 8.38. The topological polar surface area (TPSA) is 51.2 Å². The molecule has 0 radical (unpaired) electrons. The summed E-state index contributed by atoms with van der Waals surface area (Å²) in [6, 6.07) is 15.3. The number of para-hydroxylation sites is 1.